The van der Waals surface area contributed by atoms with Crippen LogP contribution in [0.1, 0.15) is 11.1 Å². The van der Waals surface area contributed by atoms with Crippen LogP contribution in [-0.2, 0) is 12.4 Å². The highest BCUT2D eigenvalue weighted by Crippen LogP contribution is 2.37. The van der Waals surface area contributed by atoms with Gasteiger partial charge in [-0.2, -0.15) is 26.3 Å². The molecule has 0 bridgehead atoms. The maximum absolute atomic E-state index is 12.3. The van der Waals surface area contributed by atoms with E-state index in [-0.39, 0.29) is 18.2 Å². The molecule has 0 atom stereocenters. The van der Waals surface area contributed by atoms with Gasteiger partial charge in [0.15, 0.2) is 0 Å². The van der Waals surface area contributed by atoms with E-state index in [9.17, 15) is 26.3 Å². The molecule has 0 spiro atoms. The Kier molecular flexibility index (Phi) is 3.18. The van der Waals surface area contributed by atoms with E-state index < -0.39 is 36.9 Å². The third-order valence-corrected chi connectivity index (χ3v) is 1.75. The van der Waals surface area contributed by atoms with Crippen molar-refractivity contribution in [2.75, 3.05) is 0 Å². The molecule has 0 aliphatic carbocycles. The fourth-order valence-corrected chi connectivity index (χ4v) is 1.06. The molecule has 0 radical (unpaired) electrons. The molecule has 1 rings (SSSR count). The van der Waals surface area contributed by atoms with Gasteiger partial charge in [0.1, 0.15) is 5.75 Å². The van der Waals surface area contributed by atoms with E-state index in [2.05, 4.69) is 4.65 Å². The van der Waals surface area contributed by atoms with Gasteiger partial charge >= 0.3 is 20.0 Å². The molecule has 0 fully saturated rings. The normalized spacial score (nSPS) is 13.2. The van der Waals surface area contributed by atoms with Crippen LogP contribution in [0.3, 0.4) is 0 Å². The van der Waals surface area contributed by atoms with Crippen LogP contribution in [0.25, 0.3) is 0 Å². The van der Waals surface area contributed by atoms with Gasteiger partial charge in [-0.1, -0.05) is 0 Å². The summed E-state index contributed by atoms with van der Waals surface area (Å²) in [6, 6.07) is 0.461. The molecule has 0 amide bonds. The van der Waals surface area contributed by atoms with E-state index in [1.54, 1.807) is 0 Å². The molecule has 9 heteroatoms. The fourth-order valence-electron chi connectivity index (χ4n) is 1.06. The molecule has 0 unspecified atom stereocenters. The van der Waals surface area contributed by atoms with E-state index >= 15 is 0 Å². The third-order valence-electron chi connectivity index (χ3n) is 1.75. The Hall–Kier alpha value is -1.38. The first-order valence-corrected chi connectivity index (χ1v) is 4.06. The summed E-state index contributed by atoms with van der Waals surface area (Å²) in [7, 11) is -2.27. The molecule has 0 heterocycles. The van der Waals surface area contributed by atoms with Gasteiger partial charge in [0.25, 0.3) is 0 Å². The maximum atomic E-state index is 12.3. The van der Waals surface area contributed by atoms with Crippen molar-refractivity contribution >= 4 is 7.65 Å². The van der Waals surface area contributed by atoms with E-state index in [4.69, 9.17) is 6.36 Å². The molecule has 1 N–H and O–H groups in total. The summed E-state index contributed by atoms with van der Waals surface area (Å²) >= 11 is 0. The first-order valence-electron chi connectivity index (χ1n) is 4.64. The lowest BCUT2D eigenvalue weighted by Crippen LogP contribution is -2.12. The molecule has 1 aromatic carbocycles. The Morgan fingerprint density at radius 2 is 1.41 bits per heavy atom. The summed E-state index contributed by atoms with van der Waals surface area (Å²) in [5.41, 5.74) is -3.15. The molecule has 1 aromatic rings. The van der Waals surface area contributed by atoms with E-state index in [1.807, 2.05) is 0 Å². The topological polar surface area (TPSA) is 29.5 Å². The molecule has 17 heavy (non-hydrogen) atoms. The van der Waals surface area contributed by atoms with Crippen molar-refractivity contribution in [1.29, 1.82) is 1.34 Å². The first kappa shape index (κ1) is 12.1. The fraction of sp³-hybridized carbons (Fsp3) is 0.250. The lowest BCUT2D eigenvalue weighted by molar-refractivity contribution is -0.143. The van der Waals surface area contributed by atoms with Gasteiger partial charge in [0.05, 0.1) is 12.5 Å². The summed E-state index contributed by atoms with van der Waals surface area (Å²) in [4.78, 5) is 0. The lowest BCUT2D eigenvalue weighted by atomic mass is 10.1. The van der Waals surface area contributed by atoms with Crippen LogP contribution < -0.4 is 4.65 Å². The lowest BCUT2D eigenvalue weighted by Gasteiger charge is -2.13. The van der Waals surface area contributed by atoms with Crippen molar-refractivity contribution in [2.45, 2.75) is 12.4 Å². The van der Waals surface area contributed by atoms with Gasteiger partial charge in [0.2, 0.25) is 0 Å². The van der Waals surface area contributed by atoms with Gasteiger partial charge < -0.3 is 9.68 Å². The number of hydrogen-bond acceptors (Lipinski definition) is 2. The second kappa shape index (κ2) is 4.48. The van der Waals surface area contributed by atoms with Crippen LogP contribution in [0, 0.1) is 0 Å². The minimum Gasteiger partial charge on any atom is -0.539 e. The summed E-state index contributed by atoms with van der Waals surface area (Å²) in [5.74, 6) is -0.889. The average Bonchev–Trinajstić information content (AvgIpc) is 2.13. The smallest absolute Gasteiger partial charge is 0.504 e. The zero-order chi connectivity index (χ0) is 14.1. The summed E-state index contributed by atoms with van der Waals surface area (Å²) < 4.78 is 84.7. The van der Waals surface area contributed by atoms with Crippen LogP contribution in [-0.4, -0.2) is 14.0 Å². The summed E-state index contributed by atoms with van der Waals surface area (Å²) in [5, 5.41) is 8.48. The zero-order valence-electron chi connectivity index (χ0n) is 8.93. The van der Waals surface area contributed by atoms with Gasteiger partial charge in [-0.15, -0.1) is 0 Å². The molecule has 0 saturated heterocycles. The summed E-state index contributed by atoms with van der Waals surface area (Å²) in [6.45, 7) is 0. The molecule has 0 aromatic heterocycles. The third kappa shape index (κ3) is 3.55. The molecular weight excluding hydrogens is 253 g/mol. The van der Waals surface area contributed by atoms with Crippen LogP contribution >= 0.6 is 0 Å². The monoisotopic (exact) mass is 259 g/mol. The predicted octanol–water partition coefficient (Wildman–Crippen LogP) is 2.36. The van der Waals surface area contributed by atoms with Crippen molar-refractivity contribution in [2.24, 2.45) is 0 Å². The van der Waals surface area contributed by atoms with Crippen molar-refractivity contribution in [1.82, 2.24) is 0 Å². The molecule has 94 valence electrons. The highest BCUT2D eigenvalue weighted by Gasteiger charge is 2.37. The quantitative estimate of drug-likeness (QED) is 0.652. The number of rotatable bonds is 2. The molecule has 2 nitrogen and oxygen atoms in total. The Morgan fingerprint density at radius 3 is 1.71 bits per heavy atom. The number of hydrogen-bond donors (Lipinski definition) is 1. The minimum atomic E-state index is -4.99. The Balaban J connectivity index is 3.29. The SMILES string of the molecule is [2H]B(O)Oc1cc(C(F)(F)F)cc(C(F)(F)F)c1. The van der Waals surface area contributed by atoms with Crippen LogP contribution in [0.4, 0.5) is 26.3 Å². The second-order valence-electron chi connectivity index (χ2n) is 2.96. The number of halogens is 6. The van der Waals surface area contributed by atoms with Gasteiger partial charge in [-0.3, -0.25) is 0 Å². The molecule has 0 aliphatic heterocycles. The van der Waals surface area contributed by atoms with Crippen LogP contribution in [0.15, 0.2) is 18.2 Å². The first-order chi connectivity index (χ1) is 8.00. The maximum Gasteiger partial charge on any atom is 0.504 e. The van der Waals surface area contributed by atoms with Gasteiger partial charge in [-0.05, 0) is 18.2 Å². The largest absolute Gasteiger partial charge is 0.539 e. The Bertz CT molecular complexity index is 398. The Labute approximate surface area is 93.5 Å². The second-order valence-corrected chi connectivity index (χ2v) is 2.96. The number of benzene rings is 1. The highest BCUT2D eigenvalue weighted by molar-refractivity contribution is 6.17. The van der Waals surface area contributed by atoms with E-state index in [1.165, 1.54) is 0 Å². The number of alkyl halides is 6. The zero-order valence-corrected chi connectivity index (χ0v) is 7.93. The molecule has 0 saturated carbocycles. The van der Waals surface area contributed by atoms with Gasteiger partial charge in [0, 0.05) is 0 Å². The Morgan fingerprint density at radius 1 is 1.00 bits per heavy atom. The standard InChI is InChI=1S/C8H5BF6O2/c10-7(11,12)4-1-5(8(13,14)15)3-6(2-4)17-9-16/h1-3,9,16H/i9D. The van der Waals surface area contributed by atoms with Crippen molar-refractivity contribution < 1.29 is 36.0 Å². The summed E-state index contributed by atoms with van der Waals surface area (Å²) in [6.07, 6.45) is -9.99. The van der Waals surface area contributed by atoms with E-state index in [0.29, 0.717) is 0 Å². The minimum absolute atomic E-state index is 0.0802. The van der Waals surface area contributed by atoms with Crippen molar-refractivity contribution in [3.63, 3.8) is 0 Å². The van der Waals surface area contributed by atoms with E-state index in [0.717, 1.165) is 0 Å². The van der Waals surface area contributed by atoms with Crippen molar-refractivity contribution in [3.8, 4) is 5.75 Å². The highest BCUT2D eigenvalue weighted by atomic mass is 19.4. The molecular formula is C8H5BF6O2. The van der Waals surface area contributed by atoms with Crippen molar-refractivity contribution in [3.05, 3.63) is 29.3 Å². The molecule has 0 aliphatic rings. The van der Waals surface area contributed by atoms with Gasteiger partial charge in [-0.25, -0.2) is 0 Å². The predicted molar refractivity (Wildman–Crippen MR) is 46.4 cm³/mol. The van der Waals surface area contributed by atoms with Crippen LogP contribution in [0.2, 0.25) is 0 Å². The van der Waals surface area contributed by atoms with Crippen LogP contribution in [0.5, 0.6) is 5.75 Å². The average molecular weight is 259 g/mol.